The summed E-state index contributed by atoms with van der Waals surface area (Å²) in [7, 11) is 0. The first kappa shape index (κ1) is 19.1. The van der Waals surface area contributed by atoms with Crippen LogP contribution in [0.2, 0.25) is 0 Å². The number of hydrogen-bond acceptors (Lipinski definition) is 6. The minimum Gasteiger partial charge on any atom is -0.374 e. The summed E-state index contributed by atoms with van der Waals surface area (Å²) in [5.74, 6) is 0. The average Bonchev–Trinajstić information content (AvgIpc) is 2.99. The van der Waals surface area contributed by atoms with E-state index < -0.39 is 10.5 Å². The first-order chi connectivity index (χ1) is 13.3. The number of nitrogens with zero attached hydrogens (tertiary/aromatic N) is 4. The average molecular weight is 396 g/mol. The first-order valence-electron chi connectivity index (χ1n) is 8.16. The summed E-state index contributed by atoms with van der Waals surface area (Å²) >= 11 is 4.89. The van der Waals surface area contributed by atoms with Crippen molar-refractivity contribution in [2.75, 3.05) is 0 Å². The molecule has 3 rings (SSSR count). The zero-order chi connectivity index (χ0) is 20.4. The largest absolute Gasteiger partial charge is 0.374 e. The van der Waals surface area contributed by atoms with Crippen molar-refractivity contribution in [1.82, 2.24) is 9.78 Å². The van der Waals surface area contributed by atoms with Crippen LogP contribution in [0.1, 0.15) is 11.1 Å². The van der Waals surface area contributed by atoms with Crippen LogP contribution in [0.3, 0.4) is 0 Å². The number of aryl methyl sites for hydroxylation is 2. The summed E-state index contributed by atoms with van der Waals surface area (Å²) in [6.07, 6.45) is 0. The Morgan fingerprint density at radius 3 is 2.46 bits per heavy atom. The normalized spacial score (nSPS) is 11.1. The molecular formula is C18H16N6O3S. The van der Waals surface area contributed by atoms with Crippen LogP contribution in [0.15, 0.2) is 57.5 Å². The fourth-order valence-corrected chi connectivity index (χ4v) is 2.69. The molecule has 142 valence electrons. The maximum absolute atomic E-state index is 12.7. The number of aromatic nitrogens is 2. The van der Waals surface area contributed by atoms with Crippen molar-refractivity contribution in [2.24, 2.45) is 16.0 Å². The Kier molecular flexibility index (Phi) is 5.14. The number of nitrogens with two attached hydrogens (primary N) is 1. The minimum absolute atomic E-state index is 0.00237. The van der Waals surface area contributed by atoms with E-state index >= 15 is 0 Å². The van der Waals surface area contributed by atoms with Gasteiger partial charge in [-0.3, -0.25) is 20.0 Å². The molecule has 0 amide bonds. The molecule has 0 saturated carbocycles. The van der Waals surface area contributed by atoms with Gasteiger partial charge in [0.1, 0.15) is 0 Å². The van der Waals surface area contributed by atoms with E-state index in [0.717, 1.165) is 15.8 Å². The molecule has 0 aliphatic heterocycles. The van der Waals surface area contributed by atoms with Crippen molar-refractivity contribution in [3.63, 3.8) is 0 Å². The maximum atomic E-state index is 12.7. The highest BCUT2D eigenvalue weighted by molar-refractivity contribution is 7.80. The van der Waals surface area contributed by atoms with E-state index in [1.807, 2.05) is 32.0 Å². The molecule has 28 heavy (non-hydrogen) atoms. The van der Waals surface area contributed by atoms with Gasteiger partial charge in [-0.05, 0) is 55.4 Å². The Hall–Kier alpha value is -3.66. The van der Waals surface area contributed by atoms with Crippen LogP contribution < -0.4 is 11.3 Å². The van der Waals surface area contributed by atoms with E-state index in [9.17, 15) is 14.9 Å². The number of hydrogen-bond donors (Lipinski definition) is 2. The van der Waals surface area contributed by atoms with Crippen molar-refractivity contribution in [3.8, 4) is 11.3 Å². The van der Waals surface area contributed by atoms with Crippen molar-refractivity contribution >= 4 is 34.4 Å². The maximum Gasteiger partial charge on any atom is 0.301 e. The highest BCUT2D eigenvalue weighted by Crippen LogP contribution is 2.29. The monoisotopic (exact) mass is 396 g/mol. The predicted octanol–water partition coefficient (Wildman–Crippen LogP) is 3.88. The van der Waals surface area contributed by atoms with Gasteiger partial charge in [0.15, 0.2) is 10.8 Å². The van der Waals surface area contributed by atoms with Gasteiger partial charge in [0, 0.05) is 17.7 Å². The Balaban J connectivity index is 2.13. The lowest BCUT2D eigenvalue weighted by Crippen LogP contribution is -2.29. The van der Waals surface area contributed by atoms with E-state index in [4.69, 9.17) is 18.0 Å². The number of nitro groups is 1. The van der Waals surface area contributed by atoms with E-state index in [0.29, 0.717) is 16.9 Å². The van der Waals surface area contributed by atoms with Gasteiger partial charge >= 0.3 is 5.56 Å². The molecule has 0 spiro atoms. The lowest BCUT2D eigenvalue weighted by molar-refractivity contribution is -0.384. The quantitative estimate of drug-likeness (QED) is 0.299. The number of non-ortho nitro benzene ring substituents is 1. The van der Waals surface area contributed by atoms with Crippen molar-refractivity contribution in [2.45, 2.75) is 13.8 Å². The summed E-state index contributed by atoms with van der Waals surface area (Å²) in [5.41, 5.74) is 8.30. The molecular weight excluding hydrogens is 380 g/mol. The second-order valence-electron chi connectivity index (χ2n) is 6.11. The first-order valence-corrected chi connectivity index (χ1v) is 8.57. The number of benzene rings is 2. The van der Waals surface area contributed by atoms with Gasteiger partial charge in [0.2, 0.25) is 0 Å². The third-order valence-electron chi connectivity index (χ3n) is 4.08. The van der Waals surface area contributed by atoms with Crippen LogP contribution >= 0.6 is 12.2 Å². The van der Waals surface area contributed by atoms with Gasteiger partial charge in [-0.1, -0.05) is 12.1 Å². The molecule has 10 heteroatoms. The van der Waals surface area contributed by atoms with Gasteiger partial charge in [-0.25, -0.2) is 0 Å². The van der Waals surface area contributed by atoms with Crippen molar-refractivity contribution in [1.29, 1.82) is 0 Å². The smallest absolute Gasteiger partial charge is 0.301 e. The van der Waals surface area contributed by atoms with E-state index in [1.54, 1.807) is 0 Å². The van der Waals surface area contributed by atoms with Crippen molar-refractivity contribution < 1.29 is 4.92 Å². The summed E-state index contributed by atoms with van der Waals surface area (Å²) < 4.78 is 0.976. The molecule has 3 aromatic rings. The molecule has 1 aromatic heterocycles. The van der Waals surface area contributed by atoms with Gasteiger partial charge in [0.25, 0.3) is 5.69 Å². The third-order valence-corrected chi connectivity index (χ3v) is 4.26. The molecule has 3 N–H and O–H groups in total. The minimum atomic E-state index is -0.560. The molecule has 9 nitrogen and oxygen atoms in total. The summed E-state index contributed by atoms with van der Waals surface area (Å²) in [5, 5.41) is 21.8. The molecule has 0 unspecified atom stereocenters. The lowest BCUT2D eigenvalue weighted by Gasteiger charge is -2.01. The third kappa shape index (κ3) is 3.71. The Morgan fingerprint density at radius 1 is 1.18 bits per heavy atom. The molecule has 0 saturated heterocycles. The molecule has 0 aliphatic rings. The summed E-state index contributed by atoms with van der Waals surface area (Å²) in [6, 6.07) is 11.4. The van der Waals surface area contributed by atoms with Crippen LogP contribution in [0.25, 0.3) is 11.3 Å². The zero-order valence-corrected chi connectivity index (χ0v) is 15.9. The van der Waals surface area contributed by atoms with E-state index in [2.05, 4.69) is 15.3 Å². The topological polar surface area (TPSA) is 132 Å². The van der Waals surface area contributed by atoms with Gasteiger partial charge in [-0.2, -0.15) is 9.80 Å². The molecule has 0 bridgehead atoms. The second-order valence-corrected chi connectivity index (χ2v) is 6.53. The zero-order valence-electron chi connectivity index (χ0n) is 15.0. The molecule has 0 aliphatic carbocycles. The number of nitro benzene ring substituents is 1. The van der Waals surface area contributed by atoms with Crippen LogP contribution in [0, 0.1) is 24.0 Å². The van der Waals surface area contributed by atoms with Crippen LogP contribution in [0.5, 0.6) is 0 Å². The van der Waals surface area contributed by atoms with Crippen LogP contribution in [-0.2, 0) is 0 Å². The highest BCUT2D eigenvalue weighted by Gasteiger charge is 2.18. The molecule has 2 aromatic carbocycles. The number of H-pyrrole nitrogens is 1. The molecule has 1 heterocycles. The van der Waals surface area contributed by atoms with Gasteiger partial charge in [-0.15, -0.1) is 5.11 Å². The van der Waals surface area contributed by atoms with Gasteiger partial charge < -0.3 is 5.73 Å². The number of nitrogens with one attached hydrogen (secondary N) is 1. The number of rotatable bonds is 4. The van der Waals surface area contributed by atoms with Crippen LogP contribution in [0.4, 0.5) is 17.1 Å². The summed E-state index contributed by atoms with van der Waals surface area (Å²) in [4.78, 5) is 23.0. The molecule has 0 fully saturated rings. The summed E-state index contributed by atoms with van der Waals surface area (Å²) in [6.45, 7) is 3.81. The Morgan fingerprint density at radius 2 is 1.86 bits per heavy atom. The molecule has 0 radical (unpaired) electrons. The van der Waals surface area contributed by atoms with Crippen molar-refractivity contribution in [3.05, 3.63) is 74.1 Å². The number of aromatic amines is 1. The fourth-order valence-electron chi connectivity index (χ4n) is 2.56. The lowest BCUT2D eigenvalue weighted by atomic mass is 10.1. The Bertz CT molecular complexity index is 1160. The van der Waals surface area contributed by atoms with Crippen LogP contribution in [-0.4, -0.2) is 19.8 Å². The second kappa shape index (κ2) is 7.53. The van der Waals surface area contributed by atoms with E-state index in [-0.39, 0.29) is 16.5 Å². The molecule has 0 atom stereocenters. The van der Waals surface area contributed by atoms with E-state index in [1.165, 1.54) is 24.3 Å². The van der Waals surface area contributed by atoms with Gasteiger partial charge in [0.05, 0.1) is 16.3 Å². The fraction of sp³-hybridized carbons (Fsp3) is 0.111. The SMILES string of the molecule is Cc1ccc(C)c(N=Nc2c(-c3ccc([N+](=O)[O-])cc3)[nH]n(C(N)=S)c2=O)c1. The number of thiocarbonyl (C=S) groups is 1. The standard InChI is InChI=1S/C18H16N6O3S/c1-10-3-4-11(2)14(9-10)20-21-16-15(22-23(17(16)25)18(19)28)12-5-7-13(8-6-12)24(26)27/h3-9,22H,1-2H3,(H2,19,28). The predicted molar refractivity (Wildman–Crippen MR) is 109 cm³/mol. The highest BCUT2D eigenvalue weighted by atomic mass is 32.1. The number of azo groups is 1. The Labute approximate surface area is 164 Å².